The third kappa shape index (κ3) is 4.61. The fourth-order valence-corrected chi connectivity index (χ4v) is 5.95. The monoisotopic (exact) mass is 549 g/mol. The van der Waals surface area contributed by atoms with Gasteiger partial charge in [0.1, 0.15) is 11.2 Å². The van der Waals surface area contributed by atoms with Crippen molar-refractivity contribution in [2.24, 2.45) is 7.05 Å². The average molecular weight is 550 g/mol. The lowest BCUT2D eigenvalue weighted by Crippen LogP contribution is -2.50. The number of anilines is 1. The molecule has 2 aliphatic heterocycles. The van der Waals surface area contributed by atoms with Gasteiger partial charge < -0.3 is 14.6 Å². The number of piperazine rings is 1. The fourth-order valence-electron chi connectivity index (χ4n) is 5.95. The number of aryl methyl sites for hydroxylation is 1. The van der Waals surface area contributed by atoms with Crippen LogP contribution < -0.4 is 5.32 Å². The lowest BCUT2D eigenvalue weighted by Gasteiger charge is -2.37. The van der Waals surface area contributed by atoms with Gasteiger partial charge in [-0.1, -0.05) is 30.3 Å². The van der Waals surface area contributed by atoms with E-state index in [1.165, 1.54) is 11.7 Å². The van der Waals surface area contributed by atoms with Crippen LogP contribution >= 0.6 is 0 Å². The van der Waals surface area contributed by atoms with Crippen LogP contribution in [0.1, 0.15) is 41.3 Å². The van der Waals surface area contributed by atoms with Crippen molar-refractivity contribution in [3.8, 4) is 11.5 Å². The number of aromatic nitrogens is 6. The molecule has 7 rings (SSSR count). The first-order valence-electron chi connectivity index (χ1n) is 13.4. The standard InChI is InChI=1S/C29H27N9O3/c1-17(39)31-20-8-9-25-23(13-20)32-28(41-25)19-10-11-30-24(12-19)29(40)38-16-21-14-22(38)15-37(21)26(18-6-4-3-5-7-18)27-33-35-36(2)34-27/h3-13,21-22,26H,14-16H2,1-2H3,(H,31,39)/t21-,22-,26+/m0/s1. The maximum absolute atomic E-state index is 13.7. The third-order valence-electron chi connectivity index (χ3n) is 7.69. The van der Waals surface area contributed by atoms with Gasteiger partial charge in [-0.2, -0.15) is 4.80 Å². The van der Waals surface area contributed by atoms with Crippen LogP contribution in [0.3, 0.4) is 0 Å². The first kappa shape index (κ1) is 25.0. The van der Waals surface area contributed by atoms with Crippen molar-refractivity contribution in [2.75, 3.05) is 18.4 Å². The molecule has 2 saturated heterocycles. The van der Waals surface area contributed by atoms with E-state index in [4.69, 9.17) is 4.42 Å². The summed E-state index contributed by atoms with van der Waals surface area (Å²) in [6.07, 6.45) is 2.47. The number of fused-ring (bicyclic) bond motifs is 3. The average Bonchev–Trinajstić information content (AvgIpc) is 3.77. The second kappa shape index (κ2) is 9.89. The summed E-state index contributed by atoms with van der Waals surface area (Å²) in [5, 5.41) is 15.7. The molecule has 3 aromatic heterocycles. The lowest BCUT2D eigenvalue weighted by atomic mass is 10.0. The van der Waals surface area contributed by atoms with Crippen LogP contribution in [0, 0.1) is 0 Å². The molecular formula is C29H27N9O3. The van der Waals surface area contributed by atoms with Gasteiger partial charge in [-0.15, -0.1) is 10.2 Å². The topological polar surface area (TPSA) is 135 Å². The Bertz CT molecular complexity index is 1770. The molecule has 0 aliphatic carbocycles. The van der Waals surface area contributed by atoms with Gasteiger partial charge in [-0.25, -0.2) is 4.98 Å². The van der Waals surface area contributed by atoms with Crippen LogP contribution in [0.4, 0.5) is 5.69 Å². The summed E-state index contributed by atoms with van der Waals surface area (Å²) in [6, 6.07) is 19.0. The third-order valence-corrected chi connectivity index (χ3v) is 7.69. The molecule has 5 heterocycles. The number of nitrogens with zero attached hydrogens (tertiary/aromatic N) is 8. The van der Waals surface area contributed by atoms with E-state index in [0.717, 1.165) is 12.0 Å². The van der Waals surface area contributed by atoms with Crippen LogP contribution in [0.2, 0.25) is 0 Å². The Kier molecular flexibility index (Phi) is 6.04. The van der Waals surface area contributed by atoms with Gasteiger partial charge in [0.25, 0.3) is 5.91 Å². The number of hydrogen-bond acceptors (Lipinski definition) is 9. The molecule has 41 heavy (non-hydrogen) atoms. The Balaban J connectivity index is 1.11. The van der Waals surface area contributed by atoms with Crippen molar-refractivity contribution in [1.29, 1.82) is 0 Å². The zero-order valence-corrected chi connectivity index (χ0v) is 22.5. The number of hydrogen-bond donors (Lipinski definition) is 1. The van der Waals surface area contributed by atoms with Crippen LogP contribution in [-0.2, 0) is 11.8 Å². The second-order valence-electron chi connectivity index (χ2n) is 10.5. The number of carbonyl (C=O) groups is 2. The molecule has 2 aromatic carbocycles. The number of rotatable bonds is 6. The molecule has 2 aliphatic rings. The number of likely N-dealkylation sites (tertiary alicyclic amines) is 2. The minimum Gasteiger partial charge on any atom is -0.436 e. The Labute approximate surface area is 235 Å². The molecule has 2 fully saturated rings. The summed E-state index contributed by atoms with van der Waals surface area (Å²) in [5.41, 5.74) is 3.93. The summed E-state index contributed by atoms with van der Waals surface area (Å²) in [6.45, 7) is 2.75. The van der Waals surface area contributed by atoms with E-state index in [2.05, 4.69) is 47.7 Å². The first-order valence-corrected chi connectivity index (χ1v) is 13.4. The number of benzene rings is 2. The minimum absolute atomic E-state index is 0.0531. The quantitative estimate of drug-likeness (QED) is 0.339. The molecule has 0 spiro atoms. The highest BCUT2D eigenvalue weighted by atomic mass is 16.3. The zero-order chi connectivity index (χ0) is 28.1. The highest BCUT2D eigenvalue weighted by Crippen LogP contribution is 2.39. The van der Waals surface area contributed by atoms with E-state index in [0.29, 0.717) is 52.8 Å². The van der Waals surface area contributed by atoms with Crippen molar-refractivity contribution in [2.45, 2.75) is 31.5 Å². The molecule has 206 valence electrons. The van der Waals surface area contributed by atoms with E-state index in [1.807, 2.05) is 23.1 Å². The Morgan fingerprint density at radius 1 is 1.05 bits per heavy atom. The summed E-state index contributed by atoms with van der Waals surface area (Å²) >= 11 is 0. The lowest BCUT2D eigenvalue weighted by molar-refractivity contribution is -0.114. The molecule has 0 saturated carbocycles. The van der Waals surface area contributed by atoms with Gasteiger partial charge in [0.15, 0.2) is 11.4 Å². The Morgan fingerprint density at radius 2 is 1.90 bits per heavy atom. The maximum atomic E-state index is 13.7. The maximum Gasteiger partial charge on any atom is 0.272 e. The number of pyridine rings is 1. The van der Waals surface area contributed by atoms with Gasteiger partial charge in [-0.05, 0) is 47.5 Å². The highest BCUT2D eigenvalue weighted by Gasteiger charge is 2.49. The van der Waals surface area contributed by atoms with Gasteiger partial charge in [0.05, 0.1) is 13.1 Å². The normalized spacial score (nSPS) is 19.1. The van der Waals surface area contributed by atoms with Crippen LogP contribution in [0.5, 0.6) is 0 Å². The smallest absolute Gasteiger partial charge is 0.272 e. The van der Waals surface area contributed by atoms with Gasteiger partial charge in [0.2, 0.25) is 11.8 Å². The van der Waals surface area contributed by atoms with Crippen molar-refractivity contribution in [3.63, 3.8) is 0 Å². The molecule has 2 bridgehead atoms. The van der Waals surface area contributed by atoms with Crippen molar-refractivity contribution in [3.05, 3.63) is 83.9 Å². The summed E-state index contributed by atoms with van der Waals surface area (Å²) < 4.78 is 5.95. The summed E-state index contributed by atoms with van der Waals surface area (Å²) in [5.74, 6) is 0.760. The number of oxazole rings is 1. The van der Waals surface area contributed by atoms with E-state index in [-0.39, 0.29) is 29.9 Å². The molecule has 2 amide bonds. The van der Waals surface area contributed by atoms with Crippen LogP contribution in [0.25, 0.3) is 22.6 Å². The number of amides is 2. The molecular weight excluding hydrogens is 522 g/mol. The molecule has 0 unspecified atom stereocenters. The van der Waals surface area contributed by atoms with Crippen molar-refractivity contribution >= 4 is 28.6 Å². The largest absolute Gasteiger partial charge is 0.436 e. The van der Waals surface area contributed by atoms with E-state index >= 15 is 0 Å². The molecule has 0 radical (unpaired) electrons. The molecule has 12 nitrogen and oxygen atoms in total. The Hall–Kier alpha value is -4.97. The molecule has 12 heteroatoms. The Morgan fingerprint density at radius 3 is 2.63 bits per heavy atom. The van der Waals surface area contributed by atoms with Crippen LogP contribution in [0.15, 0.2) is 71.3 Å². The second-order valence-corrected chi connectivity index (χ2v) is 10.5. The minimum atomic E-state index is -0.162. The van der Waals surface area contributed by atoms with Crippen LogP contribution in [-0.4, -0.2) is 77.0 Å². The zero-order valence-electron chi connectivity index (χ0n) is 22.5. The van der Waals surface area contributed by atoms with E-state index in [1.54, 1.807) is 43.6 Å². The van der Waals surface area contributed by atoms with Crippen molar-refractivity contribution < 1.29 is 14.0 Å². The predicted octanol–water partition coefficient (Wildman–Crippen LogP) is 3.06. The molecule has 3 atom stereocenters. The fraction of sp³-hybridized carbons (Fsp3) is 0.276. The van der Waals surface area contributed by atoms with E-state index < -0.39 is 0 Å². The van der Waals surface area contributed by atoms with E-state index in [9.17, 15) is 9.59 Å². The number of nitrogens with one attached hydrogen (secondary N) is 1. The molecule has 5 aromatic rings. The summed E-state index contributed by atoms with van der Waals surface area (Å²) in [4.78, 5) is 39.8. The summed E-state index contributed by atoms with van der Waals surface area (Å²) in [7, 11) is 1.76. The molecule has 1 N–H and O–H groups in total. The van der Waals surface area contributed by atoms with Gasteiger partial charge in [-0.3, -0.25) is 19.5 Å². The first-order chi connectivity index (χ1) is 19.9. The highest BCUT2D eigenvalue weighted by molar-refractivity contribution is 5.94. The van der Waals surface area contributed by atoms with Gasteiger partial charge in [0, 0.05) is 49.5 Å². The predicted molar refractivity (Wildman–Crippen MR) is 149 cm³/mol. The van der Waals surface area contributed by atoms with Crippen molar-refractivity contribution in [1.82, 2.24) is 40.0 Å². The van der Waals surface area contributed by atoms with Gasteiger partial charge >= 0.3 is 0 Å². The number of tetrazole rings is 1. The SMILES string of the molecule is CC(=O)Nc1ccc2oc(-c3ccnc(C(=O)N4C[C@@H]5C[C@H]4CN5[C@H](c4ccccc4)c4nnn(C)n4)c3)nc2c1. The number of carbonyl (C=O) groups excluding carboxylic acids is 2.